The van der Waals surface area contributed by atoms with E-state index in [9.17, 15) is 5.11 Å². The molecule has 16 heavy (non-hydrogen) atoms. The lowest BCUT2D eigenvalue weighted by Gasteiger charge is -2.36. The Balaban J connectivity index is 1.72. The highest BCUT2D eigenvalue weighted by Gasteiger charge is 2.39. The van der Waals surface area contributed by atoms with Crippen LogP contribution in [-0.2, 0) is 6.54 Å². The normalized spacial score (nSPS) is 34.5. The first-order chi connectivity index (χ1) is 7.72. The predicted molar refractivity (Wildman–Crippen MR) is 64.4 cm³/mol. The third kappa shape index (κ3) is 1.90. The number of aryl methyl sites for hydroxylation is 1. The van der Waals surface area contributed by atoms with E-state index < -0.39 is 0 Å². The zero-order chi connectivity index (χ0) is 11.1. The summed E-state index contributed by atoms with van der Waals surface area (Å²) in [5, 5.41) is 10.9. The van der Waals surface area contributed by atoms with Gasteiger partial charge < -0.3 is 5.11 Å². The highest BCUT2D eigenvalue weighted by molar-refractivity contribution is 7.11. The highest BCUT2D eigenvalue weighted by atomic mass is 32.1. The molecule has 2 atom stereocenters. The summed E-state index contributed by atoms with van der Waals surface area (Å²) in [5.74, 6) is 0. The summed E-state index contributed by atoms with van der Waals surface area (Å²) < 4.78 is 0. The smallest absolute Gasteiger partial charge is 0.0897 e. The van der Waals surface area contributed by atoms with E-state index in [2.05, 4.69) is 16.8 Å². The van der Waals surface area contributed by atoms with Crippen molar-refractivity contribution in [3.05, 3.63) is 16.1 Å². The standard InChI is InChI=1S/C12H18N2OS/c1-8-13-6-12(16-8)7-14-9-2-3-10(14)5-11(15)4-9/h6,9-11,15H,2-5,7H2,1H3. The third-order valence-corrected chi connectivity index (χ3v) is 4.76. The number of aliphatic hydroxyl groups excluding tert-OH is 1. The summed E-state index contributed by atoms with van der Waals surface area (Å²) in [5.41, 5.74) is 0. The number of fused-ring (bicyclic) bond motifs is 2. The van der Waals surface area contributed by atoms with Crippen molar-refractivity contribution in [1.82, 2.24) is 9.88 Å². The Hall–Kier alpha value is -0.450. The first kappa shape index (κ1) is 10.7. The average molecular weight is 238 g/mol. The second kappa shape index (κ2) is 4.09. The molecule has 4 heteroatoms. The molecule has 2 fully saturated rings. The fraction of sp³-hybridized carbons (Fsp3) is 0.750. The van der Waals surface area contributed by atoms with Crippen molar-refractivity contribution in [1.29, 1.82) is 0 Å². The number of hydrogen-bond acceptors (Lipinski definition) is 4. The molecule has 3 heterocycles. The van der Waals surface area contributed by atoms with Crippen molar-refractivity contribution in [2.75, 3.05) is 0 Å². The summed E-state index contributed by atoms with van der Waals surface area (Å²) in [6.07, 6.45) is 6.41. The molecule has 0 spiro atoms. The second-order valence-corrected chi connectivity index (χ2v) is 6.35. The van der Waals surface area contributed by atoms with Gasteiger partial charge in [-0.15, -0.1) is 11.3 Å². The number of rotatable bonds is 2. The summed E-state index contributed by atoms with van der Waals surface area (Å²) in [6, 6.07) is 1.22. The maximum atomic E-state index is 9.74. The van der Waals surface area contributed by atoms with Gasteiger partial charge in [0.15, 0.2) is 0 Å². The van der Waals surface area contributed by atoms with Crippen LogP contribution >= 0.6 is 11.3 Å². The minimum atomic E-state index is -0.0584. The number of nitrogens with zero attached hydrogens (tertiary/aromatic N) is 2. The molecule has 2 aliphatic rings. The van der Waals surface area contributed by atoms with Crippen molar-refractivity contribution in [3.63, 3.8) is 0 Å². The van der Waals surface area contributed by atoms with Crippen LogP contribution in [0.15, 0.2) is 6.20 Å². The lowest BCUT2D eigenvalue weighted by molar-refractivity contribution is 0.0315. The molecular weight excluding hydrogens is 220 g/mol. The zero-order valence-corrected chi connectivity index (χ0v) is 10.4. The van der Waals surface area contributed by atoms with E-state index in [0.717, 1.165) is 24.4 Å². The van der Waals surface area contributed by atoms with Gasteiger partial charge in [0.2, 0.25) is 0 Å². The molecule has 1 aromatic heterocycles. The van der Waals surface area contributed by atoms with Crippen molar-refractivity contribution in [2.45, 2.75) is 57.3 Å². The van der Waals surface area contributed by atoms with E-state index in [0.29, 0.717) is 12.1 Å². The predicted octanol–water partition coefficient (Wildman–Crippen LogP) is 1.94. The average Bonchev–Trinajstić information content (AvgIpc) is 2.72. The second-order valence-electron chi connectivity index (χ2n) is 5.03. The van der Waals surface area contributed by atoms with Crippen LogP contribution in [0.25, 0.3) is 0 Å². The molecule has 88 valence electrons. The highest BCUT2D eigenvalue weighted by Crippen LogP contribution is 2.37. The third-order valence-electron chi connectivity index (χ3n) is 3.87. The number of aromatic nitrogens is 1. The van der Waals surface area contributed by atoms with Gasteiger partial charge in [-0.2, -0.15) is 0 Å². The van der Waals surface area contributed by atoms with Crippen LogP contribution in [0.5, 0.6) is 0 Å². The molecule has 0 amide bonds. The lowest BCUT2D eigenvalue weighted by Crippen LogP contribution is -2.43. The summed E-state index contributed by atoms with van der Waals surface area (Å²) in [6.45, 7) is 3.09. The Morgan fingerprint density at radius 3 is 2.69 bits per heavy atom. The van der Waals surface area contributed by atoms with Crippen LogP contribution in [0.1, 0.15) is 35.6 Å². The summed E-state index contributed by atoms with van der Waals surface area (Å²) in [7, 11) is 0. The van der Waals surface area contributed by atoms with Crippen LogP contribution in [-0.4, -0.2) is 33.2 Å². The Kier molecular flexibility index (Phi) is 2.73. The van der Waals surface area contributed by atoms with Gasteiger partial charge in [-0.1, -0.05) is 0 Å². The fourth-order valence-corrected chi connectivity index (χ4v) is 3.97. The minimum Gasteiger partial charge on any atom is -0.393 e. The first-order valence-electron chi connectivity index (χ1n) is 6.07. The molecule has 0 aromatic carbocycles. The van der Waals surface area contributed by atoms with Crippen LogP contribution in [0.2, 0.25) is 0 Å². The molecular formula is C12H18N2OS. The largest absolute Gasteiger partial charge is 0.393 e. The molecule has 2 bridgehead atoms. The van der Waals surface area contributed by atoms with Gasteiger partial charge in [-0.05, 0) is 32.6 Å². The van der Waals surface area contributed by atoms with E-state index in [1.165, 1.54) is 17.7 Å². The summed E-state index contributed by atoms with van der Waals surface area (Å²) >= 11 is 1.80. The van der Waals surface area contributed by atoms with E-state index in [4.69, 9.17) is 0 Å². The molecule has 3 nitrogen and oxygen atoms in total. The van der Waals surface area contributed by atoms with E-state index >= 15 is 0 Å². The molecule has 0 aliphatic carbocycles. The van der Waals surface area contributed by atoms with Crippen LogP contribution < -0.4 is 0 Å². The van der Waals surface area contributed by atoms with Crippen LogP contribution in [0.3, 0.4) is 0 Å². The van der Waals surface area contributed by atoms with Crippen molar-refractivity contribution in [3.8, 4) is 0 Å². The minimum absolute atomic E-state index is 0.0584. The molecule has 0 radical (unpaired) electrons. The quantitative estimate of drug-likeness (QED) is 0.855. The number of thiazole rings is 1. The lowest BCUT2D eigenvalue weighted by atomic mass is 10.00. The molecule has 0 saturated carbocycles. The molecule has 3 rings (SSSR count). The molecule has 1 N–H and O–H groups in total. The Labute approximate surface area is 100 Å². The monoisotopic (exact) mass is 238 g/mol. The number of hydrogen-bond donors (Lipinski definition) is 1. The van der Waals surface area contributed by atoms with Gasteiger partial charge in [-0.25, -0.2) is 4.98 Å². The van der Waals surface area contributed by atoms with Gasteiger partial charge in [-0.3, -0.25) is 4.90 Å². The van der Waals surface area contributed by atoms with E-state index in [1.807, 2.05) is 6.20 Å². The number of piperidine rings is 1. The van der Waals surface area contributed by atoms with Crippen molar-refractivity contribution in [2.24, 2.45) is 0 Å². The fourth-order valence-electron chi connectivity index (χ4n) is 3.16. The summed E-state index contributed by atoms with van der Waals surface area (Å²) in [4.78, 5) is 8.26. The van der Waals surface area contributed by atoms with E-state index in [-0.39, 0.29) is 6.10 Å². The first-order valence-corrected chi connectivity index (χ1v) is 6.89. The van der Waals surface area contributed by atoms with Crippen LogP contribution in [0.4, 0.5) is 0 Å². The molecule has 1 aromatic rings. The van der Waals surface area contributed by atoms with Gasteiger partial charge in [0.1, 0.15) is 0 Å². The van der Waals surface area contributed by atoms with Crippen LogP contribution in [0, 0.1) is 6.92 Å². The van der Waals surface area contributed by atoms with E-state index in [1.54, 1.807) is 11.3 Å². The topological polar surface area (TPSA) is 36.4 Å². The van der Waals surface area contributed by atoms with Gasteiger partial charge in [0.05, 0.1) is 11.1 Å². The Morgan fingerprint density at radius 2 is 2.12 bits per heavy atom. The maximum Gasteiger partial charge on any atom is 0.0897 e. The molecule has 2 aliphatic heterocycles. The molecule has 2 unspecified atom stereocenters. The Morgan fingerprint density at radius 1 is 1.44 bits per heavy atom. The SMILES string of the molecule is Cc1ncc(CN2C3CCC2CC(O)C3)s1. The number of aliphatic hydroxyl groups is 1. The van der Waals surface area contributed by atoms with Crippen molar-refractivity contribution < 1.29 is 5.11 Å². The van der Waals surface area contributed by atoms with Crippen molar-refractivity contribution >= 4 is 11.3 Å². The Bertz CT molecular complexity index is 365. The molecule has 2 saturated heterocycles. The zero-order valence-electron chi connectivity index (χ0n) is 9.59. The maximum absolute atomic E-state index is 9.74. The van der Waals surface area contributed by atoms with Gasteiger partial charge in [0, 0.05) is 29.7 Å². The van der Waals surface area contributed by atoms with Gasteiger partial charge in [0.25, 0.3) is 0 Å². The van der Waals surface area contributed by atoms with Gasteiger partial charge >= 0.3 is 0 Å².